The van der Waals surface area contributed by atoms with Gasteiger partial charge in [-0.1, -0.05) is 120 Å². The lowest BCUT2D eigenvalue weighted by atomic mass is 10.0. The molecule has 344 valence electrons. The first-order valence-corrected chi connectivity index (χ1v) is 24.3. The molecule has 1 unspecified atom stereocenters. The van der Waals surface area contributed by atoms with Gasteiger partial charge in [-0.15, -0.1) is 0 Å². The van der Waals surface area contributed by atoms with Gasteiger partial charge in [0.15, 0.2) is 6.10 Å². The van der Waals surface area contributed by atoms with Crippen LogP contribution in [0.1, 0.15) is 158 Å². The standard InChI is InChI=1S/C48H82NO10P/c1-8-10-25-31-43(50)32-27-21-17-15-13-12-14-16-18-24-30-36-48(52)58-44(40-57-60(53,54)56-38-37-49(5,6)7)39-55-47(51)35-29-23-20-19-22-28-34-46-42(4)41(3)45(59-46)33-26-11-9-2/h12-13,16-18,21,27,32,43-44,50H,8-11,14-15,19-20,22-26,28-31,33-40H2,1-7H3/b13-12-,18-16-,21-17-,32-27+/t43-,44+/m0/s1. The van der Waals surface area contributed by atoms with Gasteiger partial charge in [0.05, 0.1) is 33.9 Å². The average Bonchev–Trinajstić information content (AvgIpc) is 3.46. The molecule has 1 aromatic heterocycles. The fourth-order valence-electron chi connectivity index (χ4n) is 6.23. The first-order valence-electron chi connectivity index (χ1n) is 22.8. The number of rotatable bonds is 37. The van der Waals surface area contributed by atoms with E-state index in [2.05, 4.69) is 39.8 Å². The molecule has 1 aromatic rings. The molecule has 0 aromatic carbocycles. The van der Waals surface area contributed by atoms with E-state index in [-0.39, 0.29) is 32.2 Å². The summed E-state index contributed by atoms with van der Waals surface area (Å²) in [5, 5.41) is 9.92. The number of aliphatic hydroxyl groups excluding tert-OH is 1. The van der Waals surface area contributed by atoms with E-state index in [4.69, 9.17) is 22.9 Å². The molecule has 0 amide bonds. The average molecular weight is 864 g/mol. The molecule has 0 aliphatic heterocycles. The number of quaternary nitrogens is 1. The number of allylic oxidation sites excluding steroid dienone is 7. The van der Waals surface area contributed by atoms with E-state index in [1.165, 1.54) is 30.4 Å². The summed E-state index contributed by atoms with van der Waals surface area (Å²) >= 11 is 0. The van der Waals surface area contributed by atoms with Crippen LogP contribution >= 0.6 is 7.82 Å². The van der Waals surface area contributed by atoms with Crippen molar-refractivity contribution < 1.29 is 51.6 Å². The van der Waals surface area contributed by atoms with Gasteiger partial charge in [0.25, 0.3) is 7.82 Å². The molecule has 0 saturated heterocycles. The van der Waals surface area contributed by atoms with Crippen molar-refractivity contribution in [3.8, 4) is 0 Å². The molecule has 11 nitrogen and oxygen atoms in total. The third-order valence-corrected chi connectivity index (χ3v) is 11.1. The van der Waals surface area contributed by atoms with E-state index < -0.39 is 32.5 Å². The molecule has 0 fully saturated rings. The van der Waals surface area contributed by atoms with Crippen LogP contribution in [0.4, 0.5) is 0 Å². The van der Waals surface area contributed by atoms with Crippen molar-refractivity contribution in [2.75, 3.05) is 47.5 Å². The Hall–Kier alpha value is -2.79. The van der Waals surface area contributed by atoms with Crippen LogP contribution in [-0.4, -0.2) is 81.2 Å². The van der Waals surface area contributed by atoms with Gasteiger partial charge in [0.2, 0.25) is 0 Å². The van der Waals surface area contributed by atoms with Crippen molar-refractivity contribution >= 4 is 19.8 Å². The highest BCUT2D eigenvalue weighted by Gasteiger charge is 2.22. The number of phosphoric acid groups is 1. The molecule has 0 saturated carbocycles. The molecule has 1 heterocycles. The predicted octanol–water partition coefficient (Wildman–Crippen LogP) is 10.7. The number of nitrogens with zero attached hydrogens (tertiary/aromatic N) is 1. The molecular weight excluding hydrogens is 781 g/mol. The number of likely N-dealkylation sites (N-methyl/N-ethyl adjacent to an activating group) is 1. The number of esters is 2. The van der Waals surface area contributed by atoms with Gasteiger partial charge in [0, 0.05) is 25.7 Å². The van der Waals surface area contributed by atoms with Gasteiger partial charge in [-0.2, -0.15) is 0 Å². The van der Waals surface area contributed by atoms with E-state index in [1.807, 2.05) is 57.6 Å². The zero-order valence-corrected chi connectivity index (χ0v) is 39.4. The highest BCUT2D eigenvalue weighted by molar-refractivity contribution is 7.45. The van der Waals surface area contributed by atoms with E-state index in [0.717, 1.165) is 95.0 Å². The number of aliphatic hydroxyl groups is 1. The van der Waals surface area contributed by atoms with Crippen LogP contribution in [0.2, 0.25) is 0 Å². The van der Waals surface area contributed by atoms with Gasteiger partial charge in [-0.25, -0.2) is 0 Å². The summed E-state index contributed by atoms with van der Waals surface area (Å²) in [6, 6.07) is 0. The number of furan rings is 1. The second kappa shape index (κ2) is 33.8. The largest absolute Gasteiger partial charge is 0.756 e. The summed E-state index contributed by atoms with van der Waals surface area (Å²) in [6.07, 6.45) is 33.1. The lowest BCUT2D eigenvalue weighted by Crippen LogP contribution is -2.37. The summed E-state index contributed by atoms with van der Waals surface area (Å²) in [5.74, 6) is 1.30. The summed E-state index contributed by atoms with van der Waals surface area (Å²) in [7, 11) is 1.07. The molecule has 0 spiro atoms. The first kappa shape index (κ1) is 55.2. The molecule has 3 atom stereocenters. The van der Waals surface area contributed by atoms with Crippen molar-refractivity contribution in [2.45, 2.75) is 175 Å². The van der Waals surface area contributed by atoms with Crippen molar-refractivity contribution in [2.24, 2.45) is 0 Å². The third-order valence-electron chi connectivity index (χ3n) is 10.2. The molecule has 60 heavy (non-hydrogen) atoms. The molecule has 1 rings (SSSR count). The number of phosphoric ester groups is 1. The van der Waals surface area contributed by atoms with Crippen LogP contribution in [0.15, 0.2) is 53.0 Å². The Morgan fingerprint density at radius 3 is 1.98 bits per heavy atom. The van der Waals surface area contributed by atoms with E-state index in [1.54, 1.807) is 0 Å². The van der Waals surface area contributed by atoms with E-state index in [0.29, 0.717) is 30.3 Å². The summed E-state index contributed by atoms with van der Waals surface area (Å²) < 4.78 is 40.1. The Morgan fingerprint density at radius 1 is 0.733 bits per heavy atom. The van der Waals surface area contributed by atoms with Crippen LogP contribution in [0.5, 0.6) is 0 Å². The third kappa shape index (κ3) is 30.3. The van der Waals surface area contributed by atoms with Crippen LogP contribution in [0, 0.1) is 13.8 Å². The number of unbranched alkanes of at least 4 members (excludes halogenated alkanes) is 10. The highest BCUT2D eigenvalue weighted by Crippen LogP contribution is 2.38. The SMILES string of the molecule is CCCCCc1oc(CCCCCCCCC(=O)OC[C@H](COP(=O)([O-])OCC[N+](C)(C)C)OC(=O)CCC/C=C\C/C=C\C/C=C\C=C\[C@@H](O)CCCCC)c(C)c1C. The lowest BCUT2D eigenvalue weighted by Gasteiger charge is -2.28. The topological polar surface area (TPSA) is 145 Å². The van der Waals surface area contributed by atoms with Crippen molar-refractivity contribution in [1.82, 2.24) is 0 Å². The van der Waals surface area contributed by atoms with Crippen molar-refractivity contribution in [1.29, 1.82) is 0 Å². The first-order chi connectivity index (χ1) is 28.7. The fourth-order valence-corrected chi connectivity index (χ4v) is 6.96. The normalized spacial score (nSPS) is 14.5. The van der Waals surface area contributed by atoms with Crippen LogP contribution in [0.3, 0.4) is 0 Å². The smallest absolute Gasteiger partial charge is 0.306 e. The minimum Gasteiger partial charge on any atom is -0.756 e. The van der Waals surface area contributed by atoms with Gasteiger partial charge < -0.3 is 37.4 Å². The van der Waals surface area contributed by atoms with E-state index >= 15 is 0 Å². The number of ether oxygens (including phenoxy) is 2. The maximum absolute atomic E-state index is 12.7. The Labute approximate surface area is 363 Å². The van der Waals surface area contributed by atoms with Crippen LogP contribution < -0.4 is 4.89 Å². The lowest BCUT2D eigenvalue weighted by molar-refractivity contribution is -0.870. The molecule has 0 bridgehead atoms. The minimum atomic E-state index is -4.67. The molecule has 0 aliphatic rings. The van der Waals surface area contributed by atoms with E-state index in [9.17, 15) is 24.2 Å². The number of carbonyl (C=O) groups is 2. The van der Waals surface area contributed by atoms with Gasteiger partial charge in [-0.05, 0) is 76.3 Å². The Morgan fingerprint density at radius 2 is 1.32 bits per heavy atom. The number of hydrogen-bond donors (Lipinski definition) is 1. The van der Waals surface area contributed by atoms with Crippen LogP contribution in [-0.2, 0) is 45.5 Å². The monoisotopic (exact) mass is 864 g/mol. The fraction of sp³-hybridized carbons (Fsp3) is 0.708. The summed E-state index contributed by atoms with van der Waals surface area (Å²) in [6.45, 7) is 8.25. The Kier molecular flexibility index (Phi) is 31.1. The Balaban J connectivity index is 2.44. The molecule has 1 N–H and O–H groups in total. The predicted molar refractivity (Wildman–Crippen MR) is 240 cm³/mol. The van der Waals surface area contributed by atoms with Gasteiger partial charge in [0.1, 0.15) is 31.3 Å². The molecule has 0 radical (unpaired) electrons. The second-order valence-corrected chi connectivity index (χ2v) is 18.3. The zero-order chi connectivity index (χ0) is 44.5. The van der Waals surface area contributed by atoms with Crippen LogP contribution in [0.25, 0.3) is 0 Å². The Bertz CT molecular complexity index is 1460. The molecule has 0 aliphatic carbocycles. The highest BCUT2D eigenvalue weighted by atomic mass is 31.2. The number of hydrogen-bond acceptors (Lipinski definition) is 10. The molecular formula is C48H82NO10P. The summed E-state index contributed by atoms with van der Waals surface area (Å²) in [5.41, 5.74) is 2.59. The van der Waals surface area contributed by atoms with Gasteiger partial charge in [-0.3, -0.25) is 14.2 Å². The maximum Gasteiger partial charge on any atom is 0.306 e. The number of carbonyl (C=O) groups excluding carboxylic acids is 2. The zero-order valence-electron chi connectivity index (χ0n) is 38.5. The van der Waals surface area contributed by atoms with Crippen molar-refractivity contribution in [3.63, 3.8) is 0 Å². The quantitative estimate of drug-likeness (QED) is 0.0171. The number of aryl methyl sites for hydroxylation is 2. The minimum absolute atomic E-state index is 0.0594. The summed E-state index contributed by atoms with van der Waals surface area (Å²) in [4.78, 5) is 37.7. The maximum atomic E-state index is 12.7. The second-order valence-electron chi connectivity index (χ2n) is 16.8. The van der Waals surface area contributed by atoms with Gasteiger partial charge >= 0.3 is 11.9 Å². The van der Waals surface area contributed by atoms with Crippen molar-refractivity contribution in [3.05, 3.63) is 71.3 Å². The molecule has 12 heteroatoms.